The first-order valence-electron chi connectivity index (χ1n) is 7.25. The molecule has 2 aromatic carbocycles. The lowest BCUT2D eigenvalue weighted by Crippen LogP contribution is -2.12. The molecule has 0 aliphatic rings. The van der Waals surface area contributed by atoms with Gasteiger partial charge in [-0.15, -0.1) is 11.3 Å². The number of aromatic hydroxyl groups is 1. The molecule has 0 aliphatic carbocycles. The summed E-state index contributed by atoms with van der Waals surface area (Å²) < 4.78 is 0. The number of nitrogens with one attached hydrogen (secondary N) is 1. The number of carbonyl (C=O) groups excluding carboxylic acids is 1. The molecule has 1 aromatic heterocycles. The highest BCUT2D eigenvalue weighted by molar-refractivity contribution is 7.14. The third-order valence-corrected chi connectivity index (χ3v) is 4.27. The Labute approximate surface area is 146 Å². The van der Waals surface area contributed by atoms with Crippen molar-refractivity contribution >= 4 is 28.1 Å². The normalized spacial score (nSPS) is 10.4. The monoisotopic (exact) mass is 355 g/mol. The van der Waals surface area contributed by atoms with Gasteiger partial charge in [0.15, 0.2) is 5.13 Å². The summed E-state index contributed by atoms with van der Waals surface area (Å²) in [6.45, 7) is 1.99. The van der Waals surface area contributed by atoms with Crippen LogP contribution in [0.15, 0.2) is 47.8 Å². The Bertz CT molecular complexity index is 951. The van der Waals surface area contributed by atoms with Crippen molar-refractivity contribution in [3.63, 3.8) is 0 Å². The van der Waals surface area contributed by atoms with Gasteiger partial charge >= 0.3 is 0 Å². The van der Waals surface area contributed by atoms with E-state index in [0.29, 0.717) is 10.8 Å². The fraction of sp³-hybridized carbons (Fsp3) is 0.0588. The van der Waals surface area contributed by atoms with Crippen LogP contribution in [0.4, 0.5) is 10.8 Å². The molecule has 1 heterocycles. The quantitative estimate of drug-likeness (QED) is 0.544. The molecule has 2 N–H and O–H groups in total. The number of rotatable bonds is 4. The molecule has 0 saturated heterocycles. The van der Waals surface area contributed by atoms with Gasteiger partial charge in [-0.05, 0) is 13.0 Å². The molecule has 1 amide bonds. The van der Waals surface area contributed by atoms with E-state index in [1.54, 1.807) is 5.38 Å². The molecule has 0 radical (unpaired) electrons. The van der Waals surface area contributed by atoms with Crippen molar-refractivity contribution in [2.75, 3.05) is 5.32 Å². The van der Waals surface area contributed by atoms with Gasteiger partial charge in [0.05, 0.1) is 16.2 Å². The average molecular weight is 355 g/mol. The number of hydrogen-bond donors (Lipinski definition) is 2. The zero-order chi connectivity index (χ0) is 18.0. The van der Waals surface area contributed by atoms with Crippen molar-refractivity contribution in [1.82, 2.24) is 4.98 Å². The van der Waals surface area contributed by atoms with Crippen molar-refractivity contribution in [1.29, 1.82) is 0 Å². The summed E-state index contributed by atoms with van der Waals surface area (Å²) in [6, 6.07) is 11.1. The first-order valence-corrected chi connectivity index (χ1v) is 8.13. The summed E-state index contributed by atoms with van der Waals surface area (Å²) in [5.74, 6) is -0.996. The molecule has 0 unspecified atom stereocenters. The van der Waals surface area contributed by atoms with E-state index in [4.69, 9.17) is 0 Å². The maximum Gasteiger partial charge on any atom is 0.270 e. The fourth-order valence-electron chi connectivity index (χ4n) is 2.17. The van der Waals surface area contributed by atoms with Crippen LogP contribution in [0, 0.1) is 17.0 Å². The van der Waals surface area contributed by atoms with Crippen LogP contribution in [0.25, 0.3) is 11.3 Å². The summed E-state index contributed by atoms with van der Waals surface area (Å²) in [5, 5.41) is 25.3. The molecule has 7 nitrogen and oxygen atoms in total. The first kappa shape index (κ1) is 16.6. The van der Waals surface area contributed by atoms with Crippen LogP contribution in [-0.2, 0) is 0 Å². The van der Waals surface area contributed by atoms with Crippen molar-refractivity contribution in [2.24, 2.45) is 0 Å². The molecule has 126 valence electrons. The molecule has 3 aromatic rings. The summed E-state index contributed by atoms with van der Waals surface area (Å²) in [6.07, 6.45) is 0. The highest BCUT2D eigenvalue weighted by Gasteiger charge is 2.18. The summed E-state index contributed by atoms with van der Waals surface area (Å²) >= 11 is 1.23. The van der Waals surface area contributed by atoms with Gasteiger partial charge in [-0.2, -0.15) is 0 Å². The fourth-order valence-corrected chi connectivity index (χ4v) is 2.89. The topological polar surface area (TPSA) is 105 Å². The molecule has 0 aliphatic heterocycles. The maximum absolute atomic E-state index is 12.3. The van der Waals surface area contributed by atoms with E-state index in [1.807, 2.05) is 31.2 Å². The molecular weight excluding hydrogens is 342 g/mol. The maximum atomic E-state index is 12.3. The molecule has 8 heteroatoms. The summed E-state index contributed by atoms with van der Waals surface area (Å²) in [7, 11) is 0. The van der Waals surface area contributed by atoms with Crippen LogP contribution < -0.4 is 5.32 Å². The minimum Gasteiger partial charge on any atom is -0.507 e. The van der Waals surface area contributed by atoms with E-state index in [2.05, 4.69) is 10.3 Å². The van der Waals surface area contributed by atoms with Gasteiger partial charge in [-0.3, -0.25) is 20.2 Å². The Morgan fingerprint density at radius 1 is 1.24 bits per heavy atom. The molecule has 25 heavy (non-hydrogen) atoms. The van der Waals surface area contributed by atoms with Gasteiger partial charge in [-0.1, -0.05) is 29.8 Å². The van der Waals surface area contributed by atoms with E-state index in [0.717, 1.165) is 29.3 Å². The number of aryl methyl sites for hydroxylation is 1. The second kappa shape index (κ2) is 6.70. The minimum atomic E-state index is -0.661. The van der Waals surface area contributed by atoms with Gasteiger partial charge in [0.1, 0.15) is 5.75 Å². The van der Waals surface area contributed by atoms with Crippen LogP contribution in [0.5, 0.6) is 5.75 Å². The number of phenolic OH excluding ortho intramolecular Hbond substituents is 1. The van der Waals surface area contributed by atoms with Crippen LogP contribution in [0.3, 0.4) is 0 Å². The van der Waals surface area contributed by atoms with Gasteiger partial charge < -0.3 is 5.11 Å². The Hall–Kier alpha value is -3.26. The molecule has 0 spiro atoms. The molecular formula is C17H13N3O4S. The second-order valence-electron chi connectivity index (χ2n) is 5.32. The number of anilines is 1. The lowest BCUT2D eigenvalue weighted by atomic mass is 10.1. The zero-order valence-corrected chi connectivity index (χ0v) is 13.9. The zero-order valence-electron chi connectivity index (χ0n) is 13.1. The number of aromatic nitrogens is 1. The number of carbonyl (C=O) groups is 1. The van der Waals surface area contributed by atoms with Crippen LogP contribution in [0.1, 0.15) is 15.9 Å². The number of nitro groups is 1. The molecule has 0 bridgehead atoms. The highest BCUT2D eigenvalue weighted by Crippen LogP contribution is 2.27. The van der Waals surface area contributed by atoms with Crippen molar-refractivity contribution in [2.45, 2.75) is 6.92 Å². The molecule has 0 fully saturated rings. The lowest BCUT2D eigenvalue weighted by Gasteiger charge is -2.04. The predicted molar refractivity (Wildman–Crippen MR) is 95.0 cm³/mol. The second-order valence-corrected chi connectivity index (χ2v) is 6.17. The van der Waals surface area contributed by atoms with Crippen molar-refractivity contribution in [3.05, 3.63) is 69.1 Å². The van der Waals surface area contributed by atoms with E-state index in [-0.39, 0.29) is 17.0 Å². The van der Waals surface area contributed by atoms with Gasteiger partial charge in [0.2, 0.25) is 0 Å². The van der Waals surface area contributed by atoms with Crippen LogP contribution in [0.2, 0.25) is 0 Å². The van der Waals surface area contributed by atoms with Gasteiger partial charge in [0.25, 0.3) is 11.6 Å². The van der Waals surface area contributed by atoms with Crippen molar-refractivity contribution < 1.29 is 14.8 Å². The average Bonchev–Trinajstić information content (AvgIpc) is 3.04. The SMILES string of the molecule is Cc1ccc(-c2csc(NC(=O)c3cc([N+](=O)[O-])ccc3O)n2)cc1. The third-order valence-electron chi connectivity index (χ3n) is 3.51. The first-order chi connectivity index (χ1) is 11.9. The largest absolute Gasteiger partial charge is 0.507 e. The Morgan fingerprint density at radius 2 is 1.96 bits per heavy atom. The minimum absolute atomic E-state index is 0.179. The van der Waals surface area contributed by atoms with E-state index in [1.165, 1.54) is 11.3 Å². The number of benzene rings is 2. The molecule has 3 rings (SSSR count). The molecule has 0 saturated carbocycles. The smallest absolute Gasteiger partial charge is 0.270 e. The van der Waals surface area contributed by atoms with E-state index >= 15 is 0 Å². The van der Waals surface area contributed by atoms with Gasteiger partial charge in [0, 0.05) is 23.1 Å². The summed E-state index contributed by atoms with van der Waals surface area (Å²) in [4.78, 5) is 26.8. The lowest BCUT2D eigenvalue weighted by molar-refractivity contribution is -0.384. The third kappa shape index (κ3) is 3.64. The van der Waals surface area contributed by atoms with E-state index < -0.39 is 10.8 Å². The number of non-ortho nitro benzene ring substituents is 1. The Kier molecular flexibility index (Phi) is 4.44. The number of nitrogens with zero attached hydrogens (tertiary/aromatic N) is 2. The van der Waals surface area contributed by atoms with E-state index in [9.17, 15) is 20.0 Å². The molecule has 0 atom stereocenters. The Balaban J connectivity index is 1.81. The standard InChI is InChI=1S/C17H13N3O4S/c1-10-2-4-11(5-3-10)14-9-25-17(18-14)19-16(22)13-8-12(20(23)24)6-7-15(13)21/h2-9,21H,1H3,(H,18,19,22). The number of phenols is 1. The van der Waals surface area contributed by atoms with Crippen LogP contribution >= 0.6 is 11.3 Å². The number of amides is 1. The summed E-state index contributed by atoms with van der Waals surface area (Å²) in [5.41, 5.74) is 2.31. The predicted octanol–water partition coefficient (Wildman–Crippen LogP) is 3.98. The Morgan fingerprint density at radius 3 is 2.64 bits per heavy atom. The van der Waals surface area contributed by atoms with Crippen molar-refractivity contribution in [3.8, 4) is 17.0 Å². The number of thiazole rings is 1. The number of hydrogen-bond acceptors (Lipinski definition) is 6. The van der Waals surface area contributed by atoms with Gasteiger partial charge in [-0.25, -0.2) is 4.98 Å². The number of nitro benzene ring substituents is 1. The van der Waals surface area contributed by atoms with Crippen LogP contribution in [-0.4, -0.2) is 20.9 Å². The highest BCUT2D eigenvalue weighted by atomic mass is 32.1.